The van der Waals surface area contributed by atoms with Gasteiger partial charge in [-0.2, -0.15) is 5.26 Å². The molecule has 1 aromatic heterocycles. The van der Waals surface area contributed by atoms with Gasteiger partial charge in [0.2, 0.25) is 0 Å². The first-order valence-corrected chi connectivity index (χ1v) is 10.3. The Hall–Kier alpha value is -3.76. The quantitative estimate of drug-likeness (QED) is 0.318. The summed E-state index contributed by atoms with van der Waals surface area (Å²) in [5, 5.41) is 13.6. The summed E-state index contributed by atoms with van der Waals surface area (Å²) in [6, 6.07) is 14.2. The number of ether oxygens (including phenoxy) is 2. The number of carbonyl (C=O) groups is 2. The molecule has 1 N–H and O–H groups in total. The monoisotopic (exact) mass is 451 g/mol. The van der Waals surface area contributed by atoms with E-state index in [0.29, 0.717) is 22.0 Å². The third-order valence-electron chi connectivity index (χ3n) is 4.94. The van der Waals surface area contributed by atoms with Crippen LogP contribution in [-0.4, -0.2) is 30.2 Å². The van der Waals surface area contributed by atoms with E-state index >= 15 is 0 Å². The minimum Gasteiger partial charge on any atom is -0.495 e. The highest BCUT2D eigenvalue weighted by Gasteiger charge is 2.18. The summed E-state index contributed by atoms with van der Waals surface area (Å²) in [7, 11) is 1.47. The highest BCUT2D eigenvalue weighted by atomic mass is 35.5. The lowest BCUT2D eigenvalue weighted by Crippen LogP contribution is -2.15. The number of anilines is 1. The number of nitriles is 1. The van der Waals surface area contributed by atoms with Gasteiger partial charge in [0.25, 0.3) is 5.91 Å². The van der Waals surface area contributed by atoms with Crippen LogP contribution >= 0.6 is 11.6 Å². The number of para-hydroxylation sites is 1. The molecule has 0 spiro atoms. The fourth-order valence-electron chi connectivity index (χ4n) is 3.44. The van der Waals surface area contributed by atoms with Crippen molar-refractivity contribution in [3.05, 3.63) is 64.3 Å². The third-order valence-corrected chi connectivity index (χ3v) is 5.17. The third kappa shape index (κ3) is 4.76. The van der Waals surface area contributed by atoms with E-state index in [1.807, 2.05) is 41.8 Å². The van der Waals surface area contributed by atoms with Gasteiger partial charge in [0.15, 0.2) is 0 Å². The lowest BCUT2D eigenvalue weighted by Gasteiger charge is -2.10. The molecule has 2 aromatic carbocycles. The van der Waals surface area contributed by atoms with Crippen LogP contribution in [0.1, 0.15) is 18.2 Å². The molecule has 0 unspecified atom stereocenters. The summed E-state index contributed by atoms with van der Waals surface area (Å²) in [5.41, 5.74) is 2.47. The van der Waals surface area contributed by atoms with E-state index in [9.17, 15) is 14.9 Å². The number of nitrogens with zero attached hydrogens (tertiary/aromatic N) is 2. The molecule has 1 amide bonds. The second-order valence-electron chi connectivity index (χ2n) is 6.88. The molecule has 0 radical (unpaired) electrons. The molecule has 0 saturated heterocycles. The smallest absolute Gasteiger partial charge is 0.325 e. The van der Waals surface area contributed by atoms with E-state index < -0.39 is 5.91 Å². The maximum Gasteiger partial charge on any atom is 0.325 e. The predicted octanol–water partition coefficient (Wildman–Crippen LogP) is 4.72. The molecule has 0 atom stereocenters. The molecule has 32 heavy (non-hydrogen) atoms. The van der Waals surface area contributed by atoms with Crippen LogP contribution in [0.15, 0.2) is 48.0 Å². The van der Waals surface area contributed by atoms with E-state index in [-0.39, 0.29) is 24.7 Å². The number of fused-ring (bicyclic) bond motifs is 1. The van der Waals surface area contributed by atoms with E-state index in [1.165, 1.54) is 13.2 Å². The van der Waals surface area contributed by atoms with Crippen molar-refractivity contribution < 1.29 is 19.1 Å². The van der Waals surface area contributed by atoms with E-state index in [4.69, 9.17) is 21.1 Å². The zero-order valence-corrected chi connectivity index (χ0v) is 18.7. The first-order valence-electron chi connectivity index (χ1n) is 9.89. The van der Waals surface area contributed by atoms with Crippen molar-refractivity contribution in [2.24, 2.45) is 0 Å². The van der Waals surface area contributed by atoms with Crippen molar-refractivity contribution >= 4 is 46.1 Å². The van der Waals surface area contributed by atoms with Crippen LogP contribution in [0, 0.1) is 18.3 Å². The van der Waals surface area contributed by atoms with Crippen molar-refractivity contribution in [1.82, 2.24) is 4.57 Å². The Morgan fingerprint density at radius 3 is 2.69 bits per heavy atom. The average Bonchev–Trinajstić information content (AvgIpc) is 3.03. The lowest BCUT2D eigenvalue weighted by atomic mass is 10.1. The van der Waals surface area contributed by atoms with Crippen LogP contribution < -0.4 is 10.1 Å². The number of rotatable bonds is 7. The van der Waals surface area contributed by atoms with E-state index in [0.717, 1.165) is 16.6 Å². The van der Waals surface area contributed by atoms with Gasteiger partial charge in [0.05, 0.1) is 19.4 Å². The summed E-state index contributed by atoms with van der Waals surface area (Å²) in [5.74, 6) is -0.546. The molecule has 0 aliphatic rings. The summed E-state index contributed by atoms with van der Waals surface area (Å²) < 4.78 is 12.1. The van der Waals surface area contributed by atoms with Crippen molar-refractivity contribution in [3.8, 4) is 11.8 Å². The molecule has 1 heterocycles. The number of benzene rings is 2. The average molecular weight is 452 g/mol. The van der Waals surface area contributed by atoms with Gasteiger partial charge in [-0.25, -0.2) is 0 Å². The number of methoxy groups -OCH3 is 1. The lowest BCUT2D eigenvalue weighted by molar-refractivity contribution is -0.143. The summed E-state index contributed by atoms with van der Waals surface area (Å²) in [6.45, 7) is 3.90. The Balaban J connectivity index is 2.02. The Morgan fingerprint density at radius 2 is 2.00 bits per heavy atom. The number of nitrogens with one attached hydrogen (secondary N) is 1. The van der Waals surface area contributed by atoms with E-state index in [2.05, 4.69) is 5.32 Å². The van der Waals surface area contributed by atoms with Gasteiger partial charge in [0.1, 0.15) is 23.9 Å². The molecular weight excluding hydrogens is 430 g/mol. The first kappa shape index (κ1) is 22.9. The minimum absolute atomic E-state index is 0.0296. The number of esters is 1. The predicted molar refractivity (Wildman–Crippen MR) is 124 cm³/mol. The first-order chi connectivity index (χ1) is 15.4. The Kier molecular flexibility index (Phi) is 7.18. The molecule has 0 aliphatic carbocycles. The molecule has 3 aromatic rings. The SMILES string of the molecule is CCOC(=O)Cn1c(C)c(/C=C(\C#N)C(=O)Nc2cc(Cl)ccc2OC)c2ccccc21. The van der Waals surface area contributed by atoms with Gasteiger partial charge < -0.3 is 19.4 Å². The minimum atomic E-state index is -0.602. The number of hydrogen-bond acceptors (Lipinski definition) is 5. The van der Waals surface area contributed by atoms with Gasteiger partial charge in [-0.1, -0.05) is 29.8 Å². The fourth-order valence-corrected chi connectivity index (χ4v) is 3.61. The maximum absolute atomic E-state index is 12.9. The second-order valence-corrected chi connectivity index (χ2v) is 7.31. The second kappa shape index (κ2) is 10.0. The number of carbonyl (C=O) groups excluding carboxylic acids is 2. The zero-order valence-electron chi connectivity index (χ0n) is 17.9. The highest BCUT2D eigenvalue weighted by molar-refractivity contribution is 6.31. The fraction of sp³-hybridized carbons (Fsp3) is 0.208. The van der Waals surface area contributed by atoms with Crippen LogP contribution in [0.2, 0.25) is 5.02 Å². The summed E-state index contributed by atoms with van der Waals surface area (Å²) >= 11 is 6.03. The largest absolute Gasteiger partial charge is 0.495 e. The maximum atomic E-state index is 12.9. The van der Waals surface area contributed by atoms with Crippen molar-refractivity contribution in [3.63, 3.8) is 0 Å². The molecule has 3 rings (SSSR count). The Morgan fingerprint density at radius 1 is 1.25 bits per heavy atom. The van der Waals surface area contributed by atoms with Gasteiger partial charge in [-0.15, -0.1) is 0 Å². The molecule has 0 bridgehead atoms. The number of aromatic nitrogens is 1. The normalized spacial score (nSPS) is 11.2. The van der Waals surface area contributed by atoms with Crippen LogP contribution in [0.5, 0.6) is 5.75 Å². The number of hydrogen-bond donors (Lipinski definition) is 1. The molecule has 0 saturated carbocycles. The van der Waals surface area contributed by atoms with Crippen LogP contribution in [0.3, 0.4) is 0 Å². The molecule has 0 fully saturated rings. The van der Waals surface area contributed by atoms with Gasteiger partial charge >= 0.3 is 5.97 Å². The van der Waals surface area contributed by atoms with Crippen LogP contribution in [-0.2, 0) is 20.9 Å². The van der Waals surface area contributed by atoms with Crippen LogP contribution in [0.25, 0.3) is 17.0 Å². The highest BCUT2D eigenvalue weighted by Crippen LogP contribution is 2.30. The van der Waals surface area contributed by atoms with Crippen LogP contribution in [0.4, 0.5) is 5.69 Å². The number of amides is 1. The Labute approximate surface area is 190 Å². The topological polar surface area (TPSA) is 93.4 Å². The van der Waals surface area contributed by atoms with Gasteiger partial charge in [-0.3, -0.25) is 9.59 Å². The van der Waals surface area contributed by atoms with Crippen molar-refractivity contribution in [2.45, 2.75) is 20.4 Å². The van der Waals surface area contributed by atoms with E-state index in [1.54, 1.807) is 25.1 Å². The zero-order chi connectivity index (χ0) is 23.3. The molecule has 8 heteroatoms. The standard InChI is InChI=1S/C24H22ClN3O4/c1-4-32-23(29)14-28-15(2)19(18-7-5-6-8-21(18)28)11-16(13-26)24(30)27-20-12-17(25)9-10-22(20)31-3/h5-12H,4,14H2,1-3H3,(H,27,30)/b16-11+. The summed E-state index contributed by atoms with van der Waals surface area (Å²) in [6.07, 6.45) is 1.52. The summed E-state index contributed by atoms with van der Waals surface area (Å²) in [4.78, 5) is 25.0. The van der Waals surface area contributed by atoms with Gasteiger partial charge in [-0.05, 0) is 44.2 Å². The van der Waals surface area contributed by atoms with Crippen molar-refractivity contribution in [2.75, 3.05) is 19.0 Å². The molecule has 164 valence electrons. The van der Waals surface area contributed by atoms with Crippen molar-refractivity contribution in [1.29, 1.82) is 5.26 Å². The molecule has 7 nitrogen and oxygen atoms in total. The Bertz CT molecular complexity index is 1250. The molecule has 0 aliphatic heterocycles. The molecular formula is C24H22ClN3O4. The number of halogens is 1. The van der Waals surface area contributed by atoms with Gasteiger partial charge in [0, 0.05) is 27.2 Å².